The van der Waals surface area contributed by atoms with Gasteiger partial charge in [0.15, 0.2) is 0 Å². The number of rotatable bonds is 0. The number of hydrogen-bond donors (Lipinski definition) is 0. The molecule has 3 aromatic carbocycles. The molecule has 0 fully saturated rings. The Labute approximate surface area is 177 Å². The van der Waals surface area contributed by atoms with Gasteiger partial charge >= 0.3 is 178 Å². The quantitative estimate of drug-likeness (QED) is 0.297. The Bertz CT molecular complexity index is 972. The van der Waals surface area contributed by atoms with Crippen molar-refractivity contribution in [2.45, 2.75) is 39.4 Å². The van der Waals surface area contributed by atoms with Crippen LogP contribution < -0.4 is 6.54 Å². The minimum atomic E-state index is -2.44. The Hall–Kier alpha value is -1.94. The summed E-state index contributed by atoms with van der Waals surface area (Å²) in [6, 6.07) is 28.5. The van der Waals surface area contributed by atoms with Crippen molar-refractivity contribution < 1.29 is 0 Å². The predicted octanol–water partition coefficient (Wildman–Crippen LogP) is 4.00. The van der Waals surface area contributed by atoms with Gasteiger partial charge in [-0.3, -0.25) is 0 Å². The van der Waals surface area contributed by atoms with Crippen LogP contribution in [-0.2, 0) is 13.1 Å². The average Bonchev–Trinajstić information content (AvgIpc) is 2.68. The molecule has 0 saturated carbocycles. The van der Waals surface area contributed by atoms with E-state index in [0.717, 1.165) is 18.7 Å². The normalized spacial score (nSPS) is 14.8. The van der Waals surface area contributed by atoms with Crippen molar-refractivity contribution in [3.05, 3.63) is 95.6 Å². The summed E-state index contributed by atoms with van der Waals surface area (Å²) in [6.07, 6.45) is 0. The van der Waals surface area contributed by atoms with E-state index in [9.17, 15) is 0 Å². The van der Waals surface area contributed by atoms with Gasteiger partial charge in [0.2, 0.25) is 0 Å². The van der Waals surface area contributed by atoms with E-state index in [1.165, 1.54) is 17.7 Å². The average molecular weight is 561 g/mol. The van der Waals surface area contributed by atoms with E-state index < -0.39 is 21.8 Å². The number of benzene rings is 3. The summed E-state index contributed by atoms with van der Waals surface area (Å²) >= 11 is -2.44. The summed E-state index contributed by atoms with van der Waals surface area (Å²) in [5, 5.41) is 0. The zero-order valence-corrected chi connectivity index (χ0v) is 20.3. The molecule has 0 unspecified atom stereocenters. The van der Waals surface area contributed by atoms with Crippen LogP contribution in [0.1, 0.15) is 37.5 Å². The predicted molar refractivity (Wildman–Crippen MR) is 120 cm³/mol. The summed E-state index contributed by atoms with van der Waals surface area (Å²) < 4.78 is 6.87. The summed E-state index contributed by atoms with van der Waals surface area (Å²) in [7, 11) is 0. The number of hydrogen-bond acceptors (Lipinski definition) is 1. The van der Waals surface area contributed by atoms with Gasteiger partial charge in [0.25, 0.3) is 0 Å². The van der Waals surface area contributed by atoms with Crippen molar-refractivity contribution >= 4 is 28.3 Å². The molecule has 1 aliphatic heterocycles. The van der Waals surface area contributed by atoms with Crippen molar-refractivity contribution in [2.24, 2.45) is 0 Å². The molecule has 1 nitrogen and oxygen atoms in total. The molecule has 28 heavy (non-hydrogen) atoms. The van der Waals surface area contributed by atoms with Crippen LogP contribution in [0, 0.1) is 9.55 Å². The van der Waals surface area contributed by atoms with E-state index >= 15 is 0 Å². The van der Waals surface area contributed by atoms with E-state index in [2.05, 4.69) is 114 Å². The van der Waals surface area contributed by atoms with Crippen molar-refractivity contribution in [1.29, 1.82) is 0 Å². The summed E-state index contributed by atoms with van der Waals surface area (Å²) in [5.74, 6) is 3.51. The first-order chi connectivity index (χ1) is 13.5. The number of nitrogens with zero attached hydrogens (tertiary/aromatic N) is 1. The van der Waals surface area contributed by atoms with Gasteiger partial charge in [-0.15, -0.1) is 0 Å². The third-order valence-corrected chi connectivity index (χ3v) is 13.7. The molecule has 0 spiro atoms. The Morgan fingerprint density at radius 3 is 1.75 bits per heavy atom. The van der Waals surface area contributed by atoms with Crippen LogP contribution in [0.3, 0.4) is 0 Å². The minimum absolute atomic E-state index is 0.123. The first-order valence-corrected chi connectivity index (χ1v) is 15.0. The van der Waals surface area contributed by atoms with Gasteiger partial charge in [-0.1, -0.05) is 0 Å². The molecule has 0 N–H and O–H groups in total. The Balaban J connectivity index is 1.87. The molecule has 0 saturated heterocycles. The van der Waals surface area contributed by atoms with E-state index in [1.807, 2.05) is 0 Å². The van der Waals surface area contributed by atoms with Crippen molar-refractivity contribution in [1.82, 2.24) is 4.90 Å². The van der Waals surface area contributed by atoms with Crippen LogP contribution in [0.2, 0.25) is 0 Å². The SMILES string of the molecule is CC(C)(C)N1Cc2cccc[c]2[Bi]([C]#Cc2ccccc2)[c]2ccccc2C1. The van der Waals surface area contributed by atoms with Gasteiger partial charge < -0.3 is 0 Å². The molecule has 3 aromatic rings. The number of fused-ring (bicyclic) bond motifs is 2. The van der Waals surface area contributed by atoms with Crippen LogP contribution in [0.4, 0.5) is 0 Å². The molecule has 0 amide bonds. The van der Waals surface area contributed by atoms with Gasteiger partial charge in [-0.2, -0.15) is 0 Å². The van der Waals surface area contributed by atoms with Gasteiger partial charge in [-0.25, -0.2) is 0 Å². The molecule has 4 rings (SSSR count). The van der Waals surface area contributed by atoms with Crippen LogP contribution in [-0.4, -0.2) is 32.2 Å². The zero-order chi connectivity index (χ0) is 19.6. The molecule has 0 radical (unpaired) electrons. The van der Waals surface area contributed by atoms with Crippen LogP contribution >= 0.6 is 0 Å². The second-order valence-electron chi connectivity index (χ2n) is 8.22. The van der Waals surface area contributed by atoms with Crippen molar-refractivity contribution in [2.75, 3.05) is 0 Å². The van der Waals surface area contributed by atoms with E-state index in [0.29, 0.717) is 0 Å². The molecule has 0 bridgehead atoms. The third kappa shape index (κ3) is 4.22. The van der Waals surface area contributed by atoms with Crippen molar-refractivity contribution in [3.8, 4) is 9.55 Å². The Morgan fingerprint density at radius 2 is 1.21 bits per heavy atom. The second-order valence-corrected chi connectivity index (χ2v) is 15.4. The molecule has 2 heteroatoms. The van der Waals surface area contributed by atoms with Gasteiger partial charge in [0.1, 0.15) is 0 Å². The topological polar surface area (TPSA) is 3.24 Å². The maximum atomic E-state index is 3.81. The fraction of sp³-hybridized carbons (Fsp3) is 0.231. The van der Waals surface area contributed by atoms with Gasteiger partial charge in [0, 0.05) is 0 Å². The molecule has 1 aliphatic rings. The van der Waals surface area contributed by atoms with Crippen LogP contribution in [0.15, 0.2) is 78.9 Å². The molecule has 0 aliphatic carbocycles. The van der Waals surface area contributed by atoms with E-state index in [1.54, 1.807) is 0 Å². The summed E-state index contributed by atoms with van der Waals surface area (Å²) in [5.41, 5.74) is 4.17. The second kappa shape index (κ2) is 8.20. The molecule has 140 valence electrons. The molecular formula is C26H26BiN. The van der Waals surface area contributed by atoms with Gasteiger partial charge in [-0.05, 0) is 0 Å². The van der Waals surface area contributed by atoms with E-state index in [4.69, 9.17) is 0 Å². The van der Waals surface area contributed by atoms with Crippen molar-refractivity contribution in [3.63, 3.8) is 0 Å². The standard InChI is InChI=1S/C18H21N.C8H5.Bi/c1-18(2,3)19(14-16-10-6-4-7-11-16)15-17-12-8-5-9-13-17;1-2-8-6-4-3-5-7-8;/h4-10,12H,14-15H2,1-3H3;3-7H;. The third-order valence-electron chi connectivity index (χ3n) is 5.22. The zero-order valence-electron chi connectivity index (χ0n) is 16.8. The Kier molecular flexibility index (Phi) is 5.68. The fourth-order valence-electron chi connectivity index (χ4n) is 3.56. The summed E-state index contributed by atoms with van der Waals surface area (Å²) in [4.78, 5) is 2.59. The maximum absolute atomic E-state index is 3.81. The van der Waals surface area contributed by atoms with Crippen LogP contribution in [0.25, 0.3) is 0 Å². The summed E-state index contributed by atoms with van der Waals surface area (Å²) in [6.45, 7) is 8.93. The Morgan fingerprint density at radius 1 is 0.714 bits per heavy atom. The molecule has 1 heterocycles. The molecular weight excluding hydrogens is 535 g/mol. The monoisotopic (exact) mass is 561 g/mol. The molecule has 0 aromatic heterocycles. The van der Waals surface area contributed by atoms with Gasteiger partial charge in [0.05, 0.1) is 0 Å². The fourth-order valence-corrected chi connectivity index (χ4v) is 11.6. The first-order valence-electron chi connectivity index (χ1n) is 9.80. The van der Waals surface area contributed by atoms with Crippen LogP contribution in [0.5, 0.6) is 0 Å². The van der Waals surface area contributed by atoms with E-state index in [-0.39, 0.29) is 5.54 Å². The first kappa shape index (κ1) is 19.4. The molecule has 0 atom stereocenters.